The van der Waals surface area contributed by atoms with Crippen LogP contribution in [0.15, 0.2) is 34.9 Å². The van der Waals surface area contributed by atoms with E-state index in [0.29, 0.717) is 12.0 Å². The molecule has 1 aromatic carbocycles. The van der Waals surface area contributed by atoms with Gasteiger partial charge in [0.05, 0.1) is 0 Å². The fourth-order valence-corrected chi connectivity index (χ4v) is 2.19. The molecule has 88 valence electrons. The first-order valence-corrected chi connectivity index (χ1v) is 6.54. The number of aromatic nitrogens is 1. The first kappa shape index (κ1) is 10.5. The fraction of sp³-hybridized carbons (Fsp3) is 0.250. The SMILES string of the molecule is Nc1cc(-c2cccc(OC3CSC3)c2)no1. The molecule has 1 fully saturated rings. The topological polar surface area (TPSA) is 61.3 Å². The fourth-order valence-electron chi connectivity index (χ4n) is 1.63. The van der Waals surface area contributed by atoms with E-state index < -0.39 is 0 Å². The van der Waals surface area contributed by atoms with Gasteiger partial charge < -0.3 is 15.0 Å². The third kappa shape index (κ3) is 2.24. The largest absolute Gasteiger partial charge is 0.489 e. The lowest BCUT2D eigenvalue weighted by atomic mass is 10.1. The third-order valence-corrected chi connectivity index (χ3v) is 3.78. The average molecular weight is 248 g/mol. The highest BCUT2D eigenvalue weighted by molar-refractivity contribution is 8.00. The van der Waals surface area contributed by atoms with Crippen LogP contribution in [0.1, 0.15) is 0 Å². The van der Waals surface area contributed by atoms with Crippen molar-refractivity contribution in [3.05, 3.63) is 30.3 Å². The zero-order chi connectivity index (χ0) is 11.7. The maximum Gasteiger partial charge on any atom is 0.222 e. The van der Waals surface area contributed by atoms with Crippen LogP contribution in [0.25, 0.3) is 11.3 Å². The predicted octanol–water partition coefficient (Wildman–Crippen LogP) is 2.42. The molecule has 0 radical (unpaired) electrons. The van der Waals surface area contributed by atoms with Gasteiger partial charge in [0.2, 0.25) is 5.88 Å². The molecule has 3 rings (SSSR count). The van der Waals surface area contributed by atoms with Crippen molar-refractivity contribution < 1.29 is 9.26 Å². The van der Waals surface area contributed by atoms with Crippen LogP contribution in [0.3, 0.4) is 0 Å². The van der Waals surface area contributed by atoms with Crippen molar-refractivity contribution in [1.82, 2.24) is 5.16 Å². The van der Waals surface area contributed by atoms with Gasteiger partial charge in [0.15, 0.2) is 0 Å². The molecule has 2 heterocycles. The molecular weight excluding hydrogens is 236 g/mol. The van der Waals surface area contributed by atoms with Crippen LogP contribution in [0.4, 0.5) is 5.88 Å². The summed E-state index contributed by atoms with van der Waals surface area (Å²) in [7, 11) is 0. The highest BCUT2D eigenvalue weighted by Crippen LogP contribution is 2.27. The molecule has 17 heavy (non-hydrogen) atoms. The number of nitrogens with two attached hydrogens (primary N) is 1. The number of hydrogen-bond donors (Lipinski definition) is 1. The van der Waals surface area contributed by atoms with E-state index in [-0.39, 0.29) is 0 Å². The van der Waals surface area contributed by atoms with Crippen LogP contribution >= 0.6 is 11.8 Å². The van der Waals surface area contributed by atoms with Gasteiger partial charge in [-0.3, -0.25) is 0 Å². The Hall–Kier alpha value is -1.62. The number of ether oxygens (including phenoxy) is 1. The molecule has 0 saturated carbocycles. The van der Waals surface area contributed by atoms with Crippen molar-refractivity contribution in [2.24, 2.45) is 0 Å². The van der Waals surface area contributed by atoms with Crippen LogP contribution in [-0.4, -0.2) is 22.8 Å². The molecule has 0 spiro atoms. The summed E-state index contributed by atoms with van der Waals surface area (Å²) < 4.78 is 10.7. The Labute approximate surface area is 103 Å². The van der Waals surface area contributed by atoms with Crippen LogP contribution in [0, 0.1) is 0 Å². The van der Waals surface area contributed by atoms with Crippen molar-refractivity contribution in [2.75, 3.05) is 17.2 Å². The van der Waals surface area contributed by atoms with Crippen molar-refractivity contribution in [2.45, 2.75) is 6.10 Å². The molecule has 0 bridgehead atoms. The van der Waals surface area contributed by atoms with E-state index in [1.165, 1.54) is 0 Å². The summed E-state index contributed by atoms with van der Waals surface area (Å²) in [6, 6.07) is 9.52. The molecule has 0 unspecified atom stereocenters. The lowest BCUT2D eigenvalue weighted by molar-refractivity contribution is 0.240. The lowest BCUT2D eigenvalue weighted by Gasteiger charge is -2.25. The highest BCUT2D eigenvalue weighted by Gasteiger charge is 2.19. The number of nitrogens with zero attached hydrogens (tertiary/aromatic N) is 1. The zero-order valence-electron chi connectivity index (χ0n) is 9.13. The molecule has 4 nitrogen and oxygen atoms in total. The minimum Gasteiger partial charge on any atom is -0.489 e. The summed E-state index contributed by atoms with van der Waals surface area (Å²) >= 11 is 1.90. The monoisotopic (exact) mass is 248 g/mol. The third-order valence-electron chi connectivity index (χ3n) is 2.57. The van der Waals surface area contributed by atoms with Crippen LogP contribution in [-0.2, 0) is 0 Å². The summed E-state index contributed by atoms with van der Waals surface area (Å²) in [5.41, 5.74) is 7.19. The van der Waals surface area contributed by atoms with Crippen molar-refractivity contribution in [1.29, 1.82) is 0 Å². The smallest absolute Gasteiger partial charge is 0.222 e. The van der Waals surface area contributed by atoms with Gasteiger partial charge in [0.1, 0.15) is 17.5 Å². The molecule has 1 saturated heterocycles. The van der Waals surface area contributed by atoms with E-state index in [1.807, 2.05) is 36.0 Å². The summed E-state index contributed by atoms with van der Waals surface area (Å²) in [4.78, 5) is 0. The second-order valence-corrected chi connectivity index (χ2v) is 4.99. The molecular formula is C12H12N2O2S. The van der Waals surface area contributed by atoms with E-state index in [0.717, 1.165) is 28.5 Å². The number of nitrogen functional groups attached to an aromatic ring is 1. The van der Waals surface area contributed by atoms with Gasteiger partial charge in [-0.15, -0.1) is 0 Å². The second kappa shape index (κ2) is 4.33. The Morgan fingerprint density at radius 1 is 1.35 bits per heavy atom. The van der Waals surface area contributed by atoms with Crippen LogP contribution < -0.4 is 10.5 Å². The predicted molar refractivity (Wildman–Crippen MR) is 68.1 cm³/mol. The lowest BCUT2D eigenvalue weighted by Crippen LogP contribution is -2.30. The molecule has 0 aliphatic carbocycles. The number of benzene rings is 1. The summed E-state index contributed by atoms with van der Waals surface area (Å²) in [6.45, 7) is 0. The highest BCUT2D eigenvalue weighted by atomic mass is 32.2. The van der Waals surface area contributed by atoms with Gasteiger partial charge in [-0.2, -0.15) is 11.8 Å². The number of hydrogen-bond acceptors (Lipinski definition) is 5. The maximum atomic E-state index is 5.81. The number of rotatable bonds is 3. The molecule has 5 heteroatoms. The Bertz CT molecular complexity index is 523. The van der Waals surface area contributed by atoms with E-state index in [4.69, 9.17) is 15.0 Å². The minimum absolute atomic E-state index is 0.321. The maximum absolute atomic E-state index is 5.81. The first-order valence-electron chi connectivity index (χ1n) is 5.38. The Balaban J connectivity index is 1.82. The Morgan fingerprint density at radius 2 is 2.24 bits per heavy atom. The first-order chi connectivity index (χ1) is 8.31. The molecule has 2 aromatic rings. The van der Waals surface area contributed by atoms with Gasteiger partial charge in [0.25, 0.3) is 0 Å². The van der Waals surface area contributed by atoms with Gasteiger partial charge in [-0.1, -0.05) is 17.3 Å². The quantitative estimate of drug-likeness (QED) is 0.903. The van der Waals surface area contributed by atoms with Gasteiger partial charge in [-0.25, -0.2) is 0 Å². The number of anilines is 1. The summed E-state index contributed by atoms with van der Waals surface area (Å²) in [5.74, 6) is 3.33. The van der Waals surface area contributed by atoms with E-state index in [2.05, 4.69) is 5.16 Å². The van der Waals surface area contributed by atoms with Crippen LogP contribution in [0.5, 0.6) is 5.75 Å². The molecule has 1 aliphatic rings. The number of thioether (sulfide) groups is 1. The molecule has 1 aliphatic heterocycles. The molecule has 2 N–H and O–H groups in total. The van der Waals surface area contributed by atoms with Crippen molar-refractivity contribution >= 4 is 17.6 Å². The Kier molecular flexibility index (Phi) is 2.68. The molecule has 1 aromatic heterocycles. The van der Waals surface area contributed by atoms with Crippen LogP contribution in [0.2, 0.25) is 0 Å². The van der Waals surface area contributed by atoms with Crippen molar-refractivity contribution in [3.8, 4) is 17.0 Å². The van der Waals surface area contributed by atoms with Gasteiger partial charge in [0, 0.05) is 23.1 Å². The Morgan fingerprint density at radius 3 is 2.88 bits per heavy atom. The zero-order valence-corrected chi connectivity index (χ0v) is 9.94. The second-order valence-electron chi connectivity index (χ2n) is 3.92. The van der Waals surface area contributed by atoms with Crippen molar-refractivity contribution in [3.63, 3.8) is 0 Å². The van der Waals surface area contributed by atoms with E-state index in [1.54, 1.807) is 6.07 Å². The normalized spacial score (nSPS) is 15.5. The van der Waals surface area contributed by atoms with E-state index in [9.17, 15) is 0 Å². The summed E-state index contributed by atoms with van der Waals surface area (Å²) in [5, 5.41) is 3.88. The average Bonchev–Trinajstić information content (AvgIpc) is 2.71. The van der Waals surface area contributed by atoms with Gasteiger partial charge >= 0.3 is 0 Å². The van der Waals surface area contributed by atoms with Gasteiger partial charge in [-0.05, 0) is 12.1 Å². The van der Waals surface area contributed by atoms with E-state index >= 15 is 0 Å². The molecule has 0 atom stereocenters. The standard InChI is InChI=1S/C12H12N2O2S/c13-12-5-11(14-16-12)8-2-1-3-9(4-8)15-10-6-17-7-10/h1-5,10H,6-7,13H2. The molecule has 0 amide bonds. The minimum atomic E-state index is 0.321. The summed E-state index contributed by atoms with van der Waals surface area (Å²) in [6.07, 6.45) is 0.345.